The second-order valence-electron chi connectivity index (χ2n) is 5.08. The van der Waals surface area contributed by atoms with Crippen LogP contribution in [0.5, 0.6) is 0 Å². The van der Waals surface area contributed by atoms with E-state index >= 15 is 0 Å². The van der Waals surface area contributed by atoms with Crippen LogP contribution >= 0.6 is 34.4 Å². The summed E-state index contributed by atoms with van der Waals surface area (Å²) in [5.41, 5.74) is 1.11. The number of aryl methyl sites for hydroxylation is 1. The second kappa shape index (κ2) is 9.41. The van der Waals surface area contributed by atoms with Gasteiger partial charge in [-0.1, -0.05) is 53.4 Å². The van der Waals surface area contributed by atoms with Crippen LogP contribution in [0.15, 0.2) is 46.2 Å². The number of aromatic nitrogens is 3. The molecule has 0 fully saturated rings. The maximum absolute atomic E-state index is 12.0. The molecule has 1 aromatic carbocycles. The Morgan fingerprint density at radius 2 is 1.85 bits per heavy atom. The van der Waals surface area contributed by atoms with Crippen LogP contribution in [0, 0.1) is 0 Å². The molecule has 0 aliphatic heterocycles. The summed E-state index contributed by atoms with van der Waals surface area (Å²) in [6.45, 7) is 0. The Balaban J connectivity index is 1.41. The number of hydrogen-bond donors (Lipinski definition) is 2. The number of hydrogen-bond acceptors (Lipinski definition) is 8. The lowest BCUT2D eigenvalue weighted by Crippen LogP contribution is -2.13. The first-order chi connectivity index (χ1) is 12.7. The van der Waals surface area contributed by atoms with Gasteiger partial charge in [-0.2, -0.15) is 0 Å². The molecule has 2 amide bonds. The van der Waals surface area contributed by atoms with Crippen LogP contribution < -0.4 is 10.6 Å². The summed E-state index contributed by atoms with van der Waals surface area (Å²) in [6.07, 6.45) is 2.68. The zero-order valence-corrected chi connectivity index (χ0v) is 16.0. The van der Waals surface area contributed by atoms with Crippen molar-refractivity contribution in [1.82, 2.24) is 15.2 Å². The van der Waals surface area contributed by atoms with Gasteiger partial charge < -0.3 is 10.6 Å². The highest BCUT2D eigenvalue weighted by molar-refractivity contribution is 8.01. The molecule has 7 nitrogen and oxygen atoms in total. The fraction of sp³-hybridized carbons (Fsp3) is 0.188. The molecule has 26 heavy (non-hydrogen) atoms. The number of carbonyl (C=O) groups is 2. The van der Waals surface area contributed by atoms with E-state index in [1.54, 1.807) is 11.6 Å². The van der Waals surface area contributed by atoms with Crippen molar-refractivity contribution >= 4 is 56.5 Å². The molecule has 2 aromatic heterocycles. The summed E-state index contributed by atoms with van der Waals surface area (Å²) in [4.78, 5) is 27.8. The molecule has 10 heteroatoms. The minimum atomic E-state index is -0.159. The van der Waals surface area contributed by atoms with Crippen LogP contribution in [0.3, 0.4) is 0 Å². The van der Waals surface area contributed by atoms with E-state index in [1.165, 1.54) is 34.4 Å². The van der Waals surface area contributed by atoms with Gasteiger partial charge in [0, 0.05) is 18.0 Å². The summed E-state index contributed by atoms with van der Waals surface area (Å²) in [7, 11) is 0. The monoisotopic (exact) mass is 405 g/mol. The molecular weight excluding hydrogens is 390 g/mol. The third-order valence-corrected chi connectivity index (χ3v) is 5.80. The highest BCUT2D eigenvalue weighted by atomic mass is 32.2. The van der Waals surface area contributed by atoms with Crippen molar-refractivity contribution in [2.75, 3.05) is 16.4 Å². The van der Waals surface area contributed by atoms with Gasteiger partial charge >= 0.3 is 0 Å². The van der Waals surface area contributed by atoms with E-state index in [0.717, 1.165) is 5.56 Å². The van der Waals surface area contributed by atoms with Crippen LogP contribution in [-0.2, 0) is 16.0 Å². The van der Waals surface area contributed by atoms with E-state index in [0.29, 0.717) is 27.4 Å². The Bertz CT molecular complexity index is 852. The van der Waals surface area contributed by atoms with Crippen molar-refractivity contribution in [3.8, 4) is 0 Å². The van der Waals surface area contributed by atoms with E-state index < -0.39 is 0 Å². The Morgan fingerprint density at radius 3 is 2.62 bits per heavy atom. The Kier molecular flexibility index (Phi) is 6.69. The van der Waals surface area contributed by atoms with Gasteiger partial charge in [0.05, 0.1) is 5.75 Å². The SMILES string of the molecule is O=C(CSc1nnc(NC(=O)CCc2ccccc2)s1)Nc1nccs1. The molecule has 0 atom stereocenters. The van der Waals surface area contributed by atoms with E-state index in [9.17, 15) is 9.59 Å². The highest BCUT2D eigenvalue weighted by Crippen LogP contribution is 2.25. The minimum Gasteiger partial charge on any atom is -0.301 e. The molecular formula is C16H15N5O2S3. The lowest BCUT2D eigenvalue weighted by Gasteiger charge is -2.01. The Hall–Kier alpha value is -2.30. The summed E-state index contributed by atoms with van der Waals surface area (Å²) >= 11 is 3.88. The first kappa shape index (κ1) is 18.5. The van der Waals surface area contributed by atoms with E-state index in [2.05, 4.69) is 25.8 Å². The average Bonchev–Trinajstić information content (AvgIpc) is 3.31. The fourth-order valence-electron chi connectivity index (χ4n) is 1.97. The summed E-state index contributed by atoms with van der Waals surface area (Å²) in [5.74, 6) is -0.0624. The Morgan fingerprint density at radius 1 is 1.04 bits per heavy atom. The third kappa shape index (κ3) is 5.90. The summed E-state index contributed by atoms with van der Waals surface area (Å²) < 4.78 is 0.623. The first-order valence-electron chi connectivity index (χ1n) is 7.68. The van der Waals surface area contributed by atoms with Gasteiger partial charge in [-0.25, -0.2) is 4.98 Å². The molecule has 0 radical (unpaired) electrons. The van der Waals surface area contributed by atoms with Crippen LogP contribution in [0.4, 0.5) is 10.3 Å². The predicted octanol–water partition coefficient (Wildman–Crippen LogP) is 3.30. The van der Waals surface area contributed by atoms with Crippen molar-refractivity contribution < 1.29 is 9.59 Å². The molecule has 0 aliphatic rings. The number of benzene rings is 1. The van der Waals surface area contributed by atoms with Crippen molar-refractivity contribution in [2.45, 2.75) is 17.2 Å². The molecule has 134 valence electrons. The number of nitrogens with one attached hydrogen (secondary N) is 2. The Labute approximate surface area is 162 Å². The normalized spacial score (nSPS) is 10.5. The molecule has 0 spiro atoms. The van der Waals surface area contributed by atoms with Gasteiger partial charge in [-0.15, -0.1) is 21.5 Å². The number of thioether (sulfide) groups is 1. The fourth-order valence-corrected chi connectivity index (χ4v) is 4.08. The number of amides is 2. The molecule has 0 unspecified atom stereocenters. The van der Waals surface area contributed by atoms with Gasteiger partial charge in [0.1, 0.15) is 0 Å². The van der Waals surface area contributed by atoms with Crippen molar-refractivity contribution in [3.63, 3.8) is 0 Å². The molecule has 2 N–H and O–H groups in total. The minimum absolute atomic E-state index is 0.108. The average molecular weight is 406 g/mol. The molecule has 0 saturated heterocycles. The summed E-state index contributed by atoms with van der Waals surface area (Å²) in [6, 6.07) is 9.83. The van der Waals surface area contributed by atoms with E-state index in [-0.39, 0.29) is 17.6 Å². The van der Waals surface area contributed by atoms with Crippen molar-refractivity contribution in [1.29, 1.82) is 0 Å². The lowest BCUT2D eigenvalue weighted by molar-refractivity contribution is -0.116. The smallest absolute Gasteiger partial charge is 0.236 e. The standard InChI is InChI=1S/C16H15N5O2S3/c22-12(7-6-11-4-2-1-3-5-11)18-15-20-21-16(26-15)25-10-13(23)19-14-17-8-9-24-14/h1-5,8-9H,6-7,10H2,(H,17,19,23)(H,18,20,22). The number of carbonyl (C=O) groups excluding carboxylic acids is 2. The molecule has 0 aliphatic carbocycles. The maximum Gasteiger partial charge on any atom is 0.236 e. The van der Waals surface area contributed by atoms with E-state index in [4.69, 9.17) is 0 Å². The van der Waals surface area contributed by atoms with Gasteiger partial charge in [0.15, 0.2) is 9.47 Å². The van der Waals surface area contributed by atoms with Crippen LogP contribution in [0.2, 0.25) is 0 Å². The highest BCUT2D eigenvalue weighted by Gasteiger charge is 2.11. The van der Waals surface area contributed by atoms with Gasteiger partial charge in [-0.05, 0) is 12.0 Å². The van der Waals surface area contributed by atoms with Crippen molar-refractivity contribution in [3.05, 3.63) is 47.5 Å². The van der Waals surface area contributed by atoms with Crippen LogP contribution in [0.1, 0.15) is 12.0 Å². The molecule has 2 heterocycles. The molecule has 3 rings (SSSR count). The van der Waals surface area contributed by atoms with Gasteiger partial charge in [0.2, 0.25) is 16.9 Å². The zero-order chi connectivity index (χ0) is 18.2. The number of thiazole rings is 1. The second-order valence-corrected chi connectivity index (χ2v) is 8.18. The van der Waals surface area contributed by atoms with E-state index in [1.807, 2.05) is 30.3 Å². The van der Waals surface area contributed by atoms with Gasteiger partial charge in [0.25, 0.3) is 0 Å². The third-order valence-electron chi connectivity index (χ3n) is 3.14. The lowest BCUT2D eigenvalue weighted by atomic mass is 10.1. The van der Waals surface area contributed by atoms with Crippen LogP contribution in [-0.4, -0.2) is 32.7 Å². The van der Waals surface area contributed by atoms with Crippen molar-refractivity contribution in [2.24, 2.45) is 0 Å². The maximum atomic E-state index is 12.0. The topological polar surface area (TPSA) is 96.9 Å². The molecule has 0 bridgehead atoms. The number of rotatable bonds is 8. The van der Waals surface area contributed by atoms with Gasteiger partial charge in [-0.3, -0.25) is 9.59 Å². The molecule has 3 aromatic rings. The van der Waals surface area contributed by atoms with Crippen LogP contribution in [0.25, 0.3) is 0 Å². The quantitative estimate of drug-likeness (QED) is 0.441. The first-order valence-corrected chi connectivity index (χ1v) is 10.4. The predicted molar refractivity (Wildman–Crippen MR) is 105 cm³/mol. The largest absolute Gasteiger partial charge is 0.301 e. The molecule has 0 saturated carbocycles. The summed E-state index contributed by atoms with van der Waals surface area (Å²) in [5, 5.41) is 16.2. The number of nitrogens with zero attached hydrogens (tertiary/aromatic N) is 3. The zero-order valence-electron chi connectivity index (χ0n) is 13.5. The number of anilines is 2.